The van der Waals surface area contributed by atoms with Crippen molar-refractivity contribution in [2.75, 3.05) is 10.7 Å². The van der Waals surface area contributed by atoms with Crippen LogP contribution in [0.25, 0.3) is 0 Å². The van der Waals surface area contributed by atoms with Crippen LogP contribution in [0.3, 0.4) is 0 Å². The zero-order valence-electron chi connectivity index (χ0n) is 7.18. The van der Waals surface area contributed by atoms with Gasteiger partial charge in [0.05, 0.1) is 0 Å². The zero-order valence-corrected chi connectivity index (χ0v) is 10.9. The average molecular weight is 309 g/mol. The van der Waals surface area contributed by atoms with Crippen molar-refractivity contribution in [2.45, 2.75) is 28.5 Å². The van der Waals surface area contributed by atoms with Gasteiger partial charge in [-0.25, -0.2) is 0 Å². The van der Waals surface area contributed by atoms with E-state index < -0.39 is 0 Å². The Morgan fingerprint density at radius 3 is 2.45 bits per heavy atom. The molecule has 3 unspecified atom stereocenters. The summed E-state index contributed by atoms with van der Waals surface area (Å²) in [5.41, 5.74) is 5.63. The predicted octanol–water partition coefficient (Wildman–Crippen LogP) is -1.26. The first-order chi connectivity index (χ1) is 5.07. The molecule has 0 amide bonds. The minimum atomic E-state index is 0.117. The van der Waals surface area contributed by atoms with E-state index in [1.165, 1.54) is 0 Å². The van der Waals surface area contributed by atoms with Crippen molar-refractivity contribution in [1.29, 1.82) is 0 Å². The number of alkyl halides is 3. The van der Waals surface area contributed by atoms with Gasteiger partial charge in [-0.1, -0.05) is 0 Å². The Hall–Kier alpha value is 1.33. The summed E-state index contributed by atoms with van der Waals surface area (Å²) in [7, 11) is 0. The van der Waals surface area contributed by atoms with Crippen LogP contribution in [-0.2, 0) is 0 Å². The second kappa shape index (κ2) is 6.80. The summed E-state index contributed by atoms with van der Waals surface area (Å²) >= 11 is 8.29. The van der Waals surface area contributed by atoms with Crippen molar-refractivity contribution in [3.63, 3.8) is 0 Å². The first-order valence-corrected chi connectivity index (χ1v) is 8.46. The van der Waals surface area contributed by atoms with Crippen molar-refractivity contribution in [3.8, 4) is 0 Å². The molecule has 4 heteroatoms. The monoisotopic (exact) mass is 308 g/mol. The van der Waals surface area contributed by atoms with Gasteiger partial charge in [0, 0.05) is 0 Å². The van der Waals surface area contributed by atoms with Crippen molar-refractivity contribution in [2.24, 2.45) is 5.73 Å². The van der Waals surface area contributed by atoms with Crippen molar-refractivity contribution in [3.05, 3.63) is 0 Å². The fourth-order valence-corrected chi connectivity index (χ4v) is 3.24. The minimum absolute atomic E-state index is 0.117. The van der Waals surface area contributed by atoms with Crippen LogP contribution in [0.5, 0.6) is 0 Å². The third-order valence-corrected chi connectivity index (χ3v) is 7.14. The van der Waals surface area contributed by atoms with E-state index in [9.17, 15) is 0 Å². The van der Waals surface area contributed by atoms with E-state index in [1.807, 2.05) is 18.7 Å². The molecule has 70 valence electrons. The molecule has 0 aromatic rings. The molecule has 1 nitrogen and oxygen atoms in total. The molecular weight excluding hydrogens is 293 g/mol. The molecule has 0 saturated carbocycles. The van der Waals surface area contributed by atoms with Gasteiger partial charge in [-0.05, 0) is 0 Å². The van der Waals surface area contributed by atoms with Gasteiger partial charge in [0.1, 0.15) is 0 Å². The molecule has 2 N–H and O–H groups in total. The maximum atomic E-state index is 5.98. The third kappa shape index (κ3) is 6.49. The van der Waals surface area contributed by atoms with E-state index in [4.69, 9.17) is 17.3 Å². The molecule has 11 heavy (non-hydrogen) atoms. The summed E-state index contributed by atoms with van der Waals surface area (Å²) in [6, 6.07) is 0.117. The number of halogens is 2. The van der Waals surface area contributed by atoms with Gasteiger partial charge in [-0.2, -0.15) is 0 Å². The number of hydrogen-bond donors (Lipinski definition) is 1. The van der Waals surface area contributed by atoms with Gasteiger partial charge >= 0.3 is 89.5 Å². The Kier molecular flexibility index (Phi) is 7.63. The molecule has 0 aliphatic carbocycles. The van der Waals surface area contributed by atoms with Crippen LogP contribution in [0.2, 0.25) is 0 Å². The summed E-state index contributed by atoms with van der Waals surface area (Å²) in [5, 5.41) is 0.137. The molecule has 0 bridgehead atoms. The van der Waals surface area contributed by atoms with E-state index in [1.54, 1.807) is 0 Å². The van der Waals surface area contributed by atoms with Crippen molar-refractivity contribution < 1.29 is 21.2 Å². The van der Waals surface area contributed by atoms with Crippen molar-refractivity contribution in [1.82, 2.24) is 0 Å². The van der Waals surface area contributed by atoms with Gasteiger partial charge in [-0.15, -0.1) is 0 Å². The topological polar surface area (TPSA) is 26.0 Å². The Labute approximate surface area is 89.1 Å². The summed E-state index contributed by atoms with van der Waals surface area (Å²) in [6.45, 7) is 4.23. The number of thioether (sulfide) groups is 1. The summed E-state index contributed by atoms with van der Waals surface area (Å²) < 4.78 is 0.814. The van der Waals surface area contributed by atoms with Crippen LogP contribution in [0.1, 0.15) is 13.8 Å². The maximum absolute atomic E-state index is 5.98. The number of rotatable bonds is 5. The van der Waals surface area contributed by atoms with E-state index in [0.717, 1.165) is 9.01 Å². The standard InChI is InChI=1S/C7H16ClINS/c1-5(10)7(8)4-11-6(2)9-3/h5-7H,4,10H2,1-3H3/q-1. The van der Waals surface area contributed by atoms with Crippen LogP contribution < -0.4 is 26.9 Å². The molecule has 0 aromatic carbocycles. The van der Waals surface area contributed by atoms with Gasteiger partial charge in [-0.3, -0.25) is 0 Å². The molecule has 0 aliphatic heterocycles. The molecule has 0 heterocycles. The Morgan fingerprint density at radius 1 is 1.55 bits per heavy atom. The third-order valence-electron chi connectivity index (χ3n) is 1.36. The summed E-state index contributed by atoms with van der Waals surface area (Å²) in [4.78, 5) is 2.30. The SMILES string of the molecule is C[I-]C(C)SCC(Cl)C(C)N. The van der Waals surface area contributed by atoms with Crippen molar-refractivity contribution >= 4 is 23.4 Å². The van der Waals surface area contributed by atoms with E-state index in [-0.39, 0.29) is 11.4 Å². The molecule has 0 radical (unpaired) electrons. The van der Waals surface area contributed by atoms with Crippen LogP contribution in [0.15, 0.2) is 0 Å². The Bertz CT molecular complexity index is 102. The molecule has 0 aromatic heterocycles. The Balaban J connectivity index is 3.37. The number of hydrogen-bond acceptors (Lipinski definition) is 2. The normalized spacial score (nSPS) is 19.7. The van der Waals surface area contributed by atoms with E-state index >= 15 is 0 Å². The van der Waals surface area contributed by atoms with Crippen LogP contribution in [0, 0.1) is 0 Å². The second-order valence-corrected chi connectivity index (χ2v) is 8.36. The summed E-state index contributed by atoms with van der Waals surface area (Å²) in [6.07, 6.45) is 0. The quantitative estimate of drug-likeness (QED) is 0.507. The van der Waals surface area contributed by atoms with Crippen LogP contribution in [-0.4, -0.2) is 25.4 Å². The van der Waals surface area contributed by atoms with Gasteiger partial charge in [0.2, 0.25) is 0 Å². The van der Waals surface area contributed by atoms with E-state index in [0.29, 0.717) is 21.2 Å². The molecule has 0 saturated heterocycles. The van der Waals surface area contributed by atoms with E-state index in [2.05, 4.69) is 11.9 Å². The summed E-state index contributed by atoms with van der Waals surface area (Å²) in [5.74, 6) is 0.994. The fourth-order valence-electron chi connectivity index (χ4n) is 0.439. The zero-order chi connectivity index (χ0) is 8.85. The molecule has 0 rings (SSSR count). The molecular formula is C7H16ClINS-. The molecule has 0 aliphatic rings. The van der Waals surface area contributed by atoms with Gasteiger partial charge < -0.3 is 0 Å². The molecule has 3 atom stereocenters. The number of nitrogens with two attached hydrogens (primary N) is 1. The molecule has 0 fully saturated rings. The Morgan fingerprint density at radius 2 is 2.09 bits per heavy atom. The first-order valence-electron chi connectivity index (χ1n) is 3.57. The van der Waals surface area contributed by atoms with Crippen LogP contribution >= 0.6 is 23.4 Å². The van der Waals surface area contributed by atoms with Gasteiger partial charge in [0.25, 0.3) is 0 Å². The first kappa shape index (κ1) is 12.3. The van der Waals surface area contributed by atoms with Gasteiger partial charge in [0.15, 0.2) is 0 Å². The van der Waals surface area contributed by atoms with Crippen LogP contribution in [0.4, 0.5) is 0 Å². The fraction of sp³-hybridized carbons (Fsp3) is 1.00. The second-order valence-electron chi connectivity index (χ2n) is 2.47. The molecule has 0 spiro atoms. The average Bonchev–Trinajstić information content (AvgIpc) is 1.99. The predicted molar refractivity (Wildman–Crippen MR) is 51.1 cm³/mol.